The number of aromatic nitrogens is 2. The Kier molecular flexibility index (Phi) is 3.44. The highest BCUT2D eigenvalue weighted by atomic mass is 35.5. The highest BCUT2D eigenvalue weighted by molar-refractivity contribution is 6.33. The molecule has 0 fully saturated rings. The van der Waals surface area contributed by atoms with E-state index in [-0.39, 0.29) is 11.9 Å². The normalized spacial score (nSPS) is 12.1. The SMILES string of the molecule is CC(NC(=O)c1ccccc1Cl)c1ncc[nH]1. The van der Waals surface area contributed by atoms with Gasteiger partial charge in [0.2, 0.25) is 0 Å². The summed E-state index contributed by atoms with van der Waals surface area (Å²) in [5.41, 5.74) is 0.465. The van der Waals surface area contributed by atoms with Crippen molar-refractivity contribution in [3.8, 4) is 0 Å². The molecule has 2 rings (SSSR count). The van der Waals surface area contributed by atoms with Gasteiger partial charge in [0.25, 0.3) is 5.91 Å². The summed E-state index contributed by atoms with van der Waals surface area (Å²) in [7, 11) is 0. The maximum atomic E-state index is 11.9. The molecule has 2 aromatic rings. The van der Waals surface area contributed by atoms with Gasteiger partial charge in [-0.25, -0.2) is 4.98 Å². The molecule has 1 aromatic heterocycles. The number of benzene rings is 1. The van der Waals surface area contributed by atoms with Gasteiger partial charge in [-0.15, -0.1) is 0 Å². The monoisotopic (exact) mass is 249 g/mol. The second kappa shape index (κ2) is 5.01. The lowest BCUT2D eigenvalue weighted by Gasteiger charge is -2.12. The number of nitrogens with one attached hydrogen (secondary N) is 2. The van der Waals surface area contributed by atoms with E-state index >= 15 is 0 Å². The van der Waals surface area contributed by atoms with E-state index in [1.54, 1.807) is 36.7 Å². The van der Waals surface area contributed by atoms with Crippen molar-refractivity contribution in [1.82, 2.24) is 15.3 Å². The quantitative estimate of drug-likeness (QED) is 0.878. The van der Waals surface area contributed by atoms with Crippen LogP contribution in [0.5, 0.6) is 0 Å². The molecule has 0 aliphatic heterocycles. The molecule has 0 aliphatic carbocycles. The van der Waals surface area contributed by atoms with Crippen LogP contribution >= 0.6 is 11.6 Å². The lowest BCUT2D eigenvalue weighted by Crippen LogP contribution is -2.27. The zero-order chi connectivity index (χ0) is 12.3. The van der Waals surface area contributed by atoms with E-state index in [9.17, 15) is 4.79 Å². The maximum absolute atomic E-state index is 11.9. The molecule has 0 radical (unpaired) electrons. The molecule has 2 N–H and O–H groups in total. The molecular formula is C12H12ClN3O. The Balaban J connectivity index is 2.10. The summed E-state index contributed by atoms with van der Waals surface area (Å²) >= 11 is 5.94. The van der Waals surface area contributed by atoms with Gasteiger partial charge in [0, 0.05) is 12.4 Å². The number of halogens is 1. The van der Waals surface area contributed by atoms with E-state index < -0.39 is 0 Å². The number of H-pyrrole nitrogens is 1. The van der Waals surface area contributed by atoms with Gasteiger partial charge in [-0.05, 0) is 19.1 Å². The molecule has 0 saturated carbocycles. The standard InChI is InChI=1S/C12H12ClN3O/c1-8(11-14-6-7-15-11)16-12(17)9-4-2-3-5-10(9)13/h2-8H,1H3,(H,14,15)(H,16,17). The van der Waals surface area contributed by atoms with Crippen molar-refractivity contribution in [1.29, 1.82) is 0 Å². The Bertz CT molecular complexity index is 510. The summed E-state index contributed by atoms with van der Waals surface area (Å²) in [6.07, 6.45) is 3.36. The Morgan fingerprint density at radius 1 is 1.47 bits per heavy atom. The van der Waals surface area contributed by atoms with E-state index in [0.29, 0.717) is 16.4 Å². The Morgan fingerprint density at radius 2 is 2.24 bits per heavy atom. The van der Waals surface area contributed by atoms with Gasteiger partial charge in [0.15, 0.2) is 0 Å². The van der Waals surface area contributed by atoms with Crippen molar-refractivity contribution in [2.24, 2.45) is 0 Å². The lowest BCUT2D eigenvalue weighted by molar-refractivity contribution is 0.0938. The number of amides is 1. The number of carbonyl (C=O) groups excluding carboxylic acids is 1. The average Bonchev–Trinajstić information content (AvgIpc) is 2.82. The molecule has 1 aromatic carbocycles. The molecule has 0 aliphatic rings. The number of hydrogen-bond acceptors (Lipinski definition) is 2. The first kappa shape index (κ1) is 11.7. The molecule has 1 atom stereocenters. The molecular weight excluding hydrogens is 238 g/mol. The lowest BCUT2D eigenvalue weighted by atomic mass is 10.2. The second-order valence-electron chi connectivity index (χ2n) is 3.65. The number of carbonyl (C=O) groups is 1. The molecule has 5 heteroatoms. The van der Waals surface area contributed by atoms with Gasteiger partial charge >= 0.3 is 0 Å². The van der Waals surface area contributed by atoms with Crippen molar-refractivity contribution in [2.45, 2.75) is 13.0 Å². The number of nitrogens with zero attached hydrogens (tertiary/aromatic N) is 1. The molecule has 0 spiro atoms. The first-order valence-electron chi connectivity index (χ1n) is 5.23. The first-order chi connectivity index (χ1) is 8.18. The van der Waals surface area contributed by atoms with E-state index in [2.05, 4.69) is 15.3 Å². The molecule has 1 heterocycles. The highest BCUT2D eigenvalue weighted by Crippen LogP contribution is 2.16. The summed E-state index contributed by atoms with van der Waals surface area (Å²) in [6, 6.07) is 6.75. The van der Waals surface area contributed by atoms with Gasteiger partial charge in [-0.2, -0.15) is 0 Å². The van der Waals surface area contributed by atoms with E-state index in [0.717, 1.165) is 0 Å². The third-order valence-corrected chi connectivity index (χ3v) is 2.73. The second-order valence-corrected chi connectivity index (χ2v) is 4.06. The summed E-state index contributed by atoms with van der Waals surface area (Å²) in [6.45, 7) is 1.85. The third-order valence-electron chi connectivity index (χ3n) is 2.40. The number of aromatic amines is 1. The van der Waals surface area contributed by atoms with Gasteiger partial charge < -0.3 is 10.3 Å². The fraction of sp³-hybridized carbons (Fsp3) is 0.167. The van der Waals surface area contributed by atoms with Crippen LogP contribution in [-0.4, -0.2) is 15.9 Å². The average molecular weight is 250 g/mol. The van der Waals surface area contributed by atoms with E-state index in [1.165, 1.54) is 0 Å². The Labute approximate surface area is 104 Å². The van der Waals surface area contributed by atoms with Crippen molar-refractivity contribution in [2.75, 3.05) is 0 Å². The van der Waals surface area contributed by atoms with Gasteiger partial charge in [-0.3, -0.25) is 4.79 Å². The Morgan fingerprint density at radius 3 is 2.88 bits per heavy atom. The summed E-state index contributed by atoms with van der Waals surface area (Å²) < 4.78 is 0. The van der Waals surface area contributed by atoms with Gasteiger partial charge in [0.1, 0.15) is 5.82 Å². The van der Waals surface area contributed by atoms with Gasteiger partial charge in [0.05, 0.1) is 16.6 Å². The van der Waals surface area contributed by atoms with Crippen molar-refractivity contribution in [3.63, 3.8) is 0 Å². The van der Waals surface area contributed by atoms with Crippen LogP contribution in [0.15, 0.2) is 36.7 Å². The molecule has 0 saturated heterocycles. The van der Waals surface area contributed by atoms with Gasteiger partial charge in [-0.1, -0.05) is 23.7 Å². The number of imidazole rings is 1. The van der Waals surface area contributed by atoms with E-state index in [1.807, 2.05) is 6.92 Å². The van der Waals surface area contributed by atoms with Crippen LogP contribution in [0, 0.1) is 0 Å². The van der Waals surface area contributed by atoms with Crippen LogP contribution in [0.3, 0.4) is 0 Å². The smallest absolute Gasteiger partial charge is 0.253 e. The van der Waals surface area contributed by atoms with Crippen LogP contribution in [-0.2, 0) is 0 Å². The molecule has 1 unspecified atom stereocenters. The van der Waals surface area contributed by atoms with Crippen LogP contribution in [0.1, 0.15) is 29.1 Å². The van der Waals surface area contributed by atoms with Crippen LogP contribution in [0.2, 0.25) is 5.02 Å². The van der Waals surface area contributed by atoms with Crippen molar-refractivity contribution in [3.05, 3.63) is 53.1 Å². The van der Waals surface area contributed by atoms with Crippen molar-refractivity contribution < 1.29 is 4.79 Å². The number of hydrogen-bond donors (Lipinski definition) is 2. The predicted molar refractivity (Wildman–Crippen MR) is 65.9 cm³/mol. The maximum Gasteiger partial charge on any atom is 0.253 e. The zero-order valence-electron chi connectivity index (χ0n) is 9.27. The summed E-state index contributed by atoms with van der Waals surface area (Å²) in [5, 5.41) is 3.26. The van der Waals surface area contributed by atoms with Crippen LogP contribution < -0.4 is 5.32 Å². The third kappa shape index (κ3) is 2.65. The minimum Gasteiger partial charge on any atom is -0.347 e. The first-order valence-corrected chi connectivity index (χ1v) is 5.61. The van der Waals surface area contributed by atoms with Crippen LogP contribution in [0.25, 0.3) is 0 Å². The molecule has 4 nitrogen and oxygen atoms in total. The largest absolute Gasteiger partial charge is 0.347 e. The number of rotatable bonds is 3. The highest BCUT2D eigenvalue weighted by Gasteiger charge is 2.14. The minimum atomic E-state index is -0.209. The molecule has 1 amide bonds. The molecule has 17 heavy (non-hydrogen) atoms. The Hall–Kier alpha value is -1.81. The van der Waals surface area contributed by atoms with Crippen LogP contribution in [0.4, 0.5) is 0 Å². The summed E-state index contributed by atoms with van der Waals surface area (Å²) in [5.74, 6) is 0.505. The predicted octanol–water partition coefficient (Wildman–Crippen LogP) is 2.55. The molecule has 88 valence electrons. The van der Waals surface area contributed by atoms with E-state index in [4.69, 9.17) is 11.6 Å². The fourth-order valence-corrected chi connectivity index (χ4v) is 1.72. The van der Waals surface area contributed by atoms with Crippen molar-refractivity contribution >= 4 is 17.5 Å². The topological polar surface area (TPSA) is 57.8 Å². The summed E-state index contributed by atoms with van der Waals surface area (Å²) in [4.78, 5) is 19.0. The fourth-order valence-electron chi connectivity index (χ4n) is 1.50. The zero-order valence-corrected chi connectivity index (χ0v) is 10.0. The molecule has 0 bridgehead atoms. The minimum absolute atomic E-state index is 0.186.